The summed E-state index contributed by atoms with van der Waals surface area (Å²) in [5, 5.41) is 2.93. The van der Waals surface area contributed by atoms with E-state index >= 15 is 0 Å². The van der Waals surface area contributed by atoms with Crippen molar-refractivity contribution in [2.75, 3.05) is 38.2 Å². The van der Waals surface area contributed by atoms with E-state index in [2.05, 4.69) is 29.3 Å². The van der Waals surface area contributed by atoms with Gasteiger partial charge in [-0.15, -0.1) is 0 Å². The predicted molar refractivity (Wildman–Crippen MR) is 128 cm³/mol. The number of benzene rings is 3. The molecule has 0 aromatic heterocycles. The lowest BCUT2D eigenvalue weighted by Crippen LogP contribution is -2.40. The summed E-state index contributed by atoms with van der Waals surface area (Å²) in [6.07, 6.45) is 0. The Kier molecular flexibility index (Phi) is 6.58. The van der Waals surface area contributed by atoms with Crippen LogP contribution in [0.4, 0.5) is 11.4 Å². The second-order valence-electron chi connectivity index (χ2n) is 7.82. The van der Waals surface area contributed by atoms with Crippen molar-refractivity contribution in [2.45, 2.75) is 19.5 Å². The number of nitrogens with zero attached hydrogens (tertiary/aromatic N) is 1. The smallest absolute Gasteiger partial charge is 0.255 e. The quantitative estimate of drug-likeness (QED) is 0.563. The lowest BCUT2D eigenvalue weighted by molar-refractivity contribution is 0.102. The molecule has 4 rings (SSSR count). The first kappa shape index (κ1) is 22.3. The number of rotatable bonds is 7. The lowest BCUT2D eigenvalue weighted by Gasteiger charge is -2.37. The second kappa shape index (κ2) is 9.73. The van der Waals surface area contributed by atoms with E-state index in [1.165, 1.54) is 26.9 Å². The minimum atomic E-state index is -0.245. The minimum Gasteiger partial charge on any atom is -0.493 e. The summed E-state index contributed by atoms with van der Waals surface area (Å²) in [4.78, 5) is 15.4. The SMILES string of the molecule is COc1cc(NC(=O)c2ccc3c(c2)N(Cc2ccccc2)[C@@H](C)CO3)cc(OC)c1OC. The number of hydrogen-bond donors (Lipinski definition) is 1. The molecule has 0 spiro atoms. The van der Waals surface area contributed by atoms with E-state index in [0.29, 0.717) is 35.1 Å². The van der Waals surface area contributed by atoms with Gasteiger partial charge < -0.3 is 29.2 Å². The van der Waals surface area contributed by atoms with Crippen LogP contribution >= 0.6 is 0 Å². The van der Waals surface area contributed by atoms with Crippen molar-refractivity contribution in [3.8, 4) is 23.0 Å². The van der Waals surface area contributed by atoms with Crippen LogP contribution in [0.5, 0.6) is 23.0 Å². The van der Waals surface area contributed by atoms with Crippen LogP contribution < -0.4 is 29.2 Å². The number of amides is 1. The summed E-state index contributed by atoms with van der Waals surface area (Å²) in [5.74, 6) is 1.93. The third kappa shape index (κ3) is 4.67. The number of hydrogen-bond acceptors (Lipinski definition) is 6. The van der Waals surface area contributed by atoms with Gasteiger partial charge in [0.1, 0.15) is 12.4 Å². The van der Waals surface area contributed by atoms with Gasteiger partial charge in [-0.25, -0.2) is 0 Å². The Morgan fingerprint density at radius 1 is 1.00 bits per heavy atom. The molecule has 0 aliphatic carbocycles. The summed E-state index contributed by atoms with van der Waals surface area (Å²) >= 11 is 0. The average molecular weight is 449 g/mol. The number of carbonyl (C=O) groups is 1. The van der Waals surface area contributed by atoms with Crippen molar-refractivity contribution in [3.05, 3.63) is 71.8 Å². The fourth-order valence-corrected chi connectivity index (χ4v) is 3.92. The Bertz CT molecular complexity index is 1110. The first-order valence-electron chi connectivity index (χ1n) is 10.7. The van der Waals surface area contributed by atoms with Crippen molar-refractivity contribution in [2.24, 2.45) is 0 Å². The first-order chi connectivity index (χ1) is 16.0. The van der Waals surface area contributed by atoms with Crippen LogP contribution in [-0.4, -0.2) is 39.9 Å². The number of anilines is 2. The molecule has 3 aromatic carbocycles. The highest BCUT2D eigenvalue weighted by atomic mass is 16.5. The summed E-state index contributed by atoms with van der Waals surface area (Å²) in [5.41, 5.74) is 3.16. The van der Waals surface area contributed by atoms with Gasteiger partial charge in [0.2, 0.25) is 5.75 Å². The maximum atomic E-state index is 13.1. The number of fused-ring (bicyclic) bond motifs is 1. The predicted octanol–water partition coefficient (Wildman–Crippen LogP) is 4.75. The molecule has 0 bridgehead atoms. The number of carbonyl (C=O) groups excluding carboxylic acids is 1. The van der Waals surface area contributed by atoms with Crippen LogP contribution in [0.15, 0.2) is 60.7 Å². The van der Waals surface area contributed by atoms with Gasteiger partial charge in [0, 0.05) is 29.9 Å². The first-order valence-corrected chi connectivity index (χ1v) is 10.7. The molecule has 1 amide bonds. The van der Waals surface area contributed by atoms with Crippen molar-refractivity contribution >= 4 is 17.3 Å². The Morgan fingerprint density at radius 3 is 2.33 bits per heavy atom. The standard InChI is InChI=1S/C26H28N2O5/c1-17-16-33-22-11-10-19(12-21(22)28(17)15-18-8-6-5-7-9-18)26(29)27-20-13-23(30-2)25(32-4)24(14-20)31-3/h5-14,17H,15-16H2,1-4H3,(H,27,29)/t17-/m0/s1. The second-order valence-corrected chi connectivity index (χ2v) is 7.82. The third-order valence-electron chi connectivity index (χ3n) is 5.66. The van der Waals surface area contributed by atoms with Crippen LogP contribution in [0.1, 0.15) is 22.8 Å². The fraction of sp³-hybridized carbons (Fsp3) is 0.269. The molecular formula is C26H28N2O5. The summed E-state index contributed by atoms with van der Waals surface area (Å²) in [7, 11) is 4.61. The van der Waals surface area contributed by atoms with E-state index in [9.17, 15) is 4.79 Å². The van der Waals surface area contributed by atoms with Gasteiger partial charge in [0.15, 0.2) is 11.5 Å². The summed E-state index contributed by atoms with van der Waals surface area (Å²) in [6, 6.07) is 19.3. The van der Waals surface area contributed by atoms with Crippen molar-refractivity contribution in [3.63, 3.8) is 0 Å². The largest absolute Gasteiger partial charge is 0.493 e. The molecule has 1 N–H and O–H groups in total. The zero-order valence-electron chi connectivity index (χ0n) is 19.3. The highest BCUT2D eigenvalue weighted by Gasteiger charge is 2.26. The molecule has 172 valence electrons. The van der Waals surface area contributed by atoms with Crippen LogP contribution in [0.2, 0.25) is 0 Å². The van der Waals surface area contributed by atoms with Crippen LogP contribution in [0, 0.1) is 0 Å². The molecule has 0 saturated heterocycles. The molecule has 1 atom stereocenters. The maximum Gasteiger partial charge on any atom is 0.255 e. The number of ether oxygens (including phenoxy) is 4. The Morgan fingerprint density at radius 2 is 1.70 bits per heavy atom. The lowest BCUT2D eigenvalue weighted by atomic mass is 10.1. The zero-order valence-corrected chi connectivity index (χ0v) is 19.3. The van der Waals surface area contributed by atoms with Gasteiger partial charge in [-0.2, -0.15) is 0 Å². The van der Waals surface area contributed by atoms with E-state index in [-0.39, 0.29) is 11.9 Å². The highest BCUT2D eigenvalue weighted by Crippen LogP contribution is 2.40. The van der Waals surface area contributed by atoms with Gasteiger partial charge in [-0.1, -0.05) is 30.3 Å². The van der Waals surface area contributed by atoms with Gasteiger partial charge in [-0.3, -0.25) is 4.79 Å². The monoisotopic (exact) mass is 448 g/mol. The van der Waals surface area contributed by atoms with Gasteiger partial charge in [0.05, 0.1) is 33.1 Å². The van der Waals surface area contributed by atoms with Crippen LogP contribution in [0.25, 0.3) is 0 Å². The summed E-state index contributed by atoms with van der Waals surface area (Å²) in [6.45, 7) is 3.45. The molecule has 0 radical (unpaired) electrons. The topological polar surface area (TPSA) is 69.3 Å². The molecular weight excluding hydrogens is 420 g/mol. The van der Waals surface area contributed by atoms with E-state index in [1.54, 1.807) is 18.2 Å². The van der Waals surface area contributed by atoms with E-state index in [1.807, 2.05) is 30.3 Å². The minimum absolute atomic E-state index is 0.172. The van der Waals surface area contributed by atoms with Gasteiger partial charge in [0.25, 0.3) is 5.91 Å². The number of nitrogens with one attached hydrogen (secondary N) is 1. The Balaban J connectivity index is 1.61. The molecule has 33 heavy (non-hydrogen) atoms. The van der Waals surface area contributed by atoms with Crippen LogP contribution in [0.3, 0.4) is 0 Å². The van der Waals surface area contributed by atoms with E-state index in [4.69, 9.17) is 18.9 Å². The molecule has 0 unspecified atom stereocenters. The average Bonchev–Trinajstić information content (AvgIpc) is 2.85. The maximum absolute atomic E-state index is 13.1. The Labute approximate surface area is 193 Å². The van der Waals surface area contributed by atoms with Gasteiger partial charge >= 0.3 is 0 Å². The van der Waals surface area contributed by atoms with Crippen molar-refractivity contribution in [1.29, 1.82) is 0 Å². The van der Waals surface area contributed by atoms with E-state index in [0.717, 1.165) is 18.0 Å². The molecule has 3 aromatic rings. The molecule has 0 fully saturated rings. The molecule has 7 heteroatoms. The van der Waals surface area contributed by atoms with Crippen LogP contribution in [-0.2, 0) is 6.54 Å². The molecule has 1 aliphatic heterocycles. The normalized spacial score (nSPS) is 14.7. The molecule has 0 saturated carbocycles. The number of methoxy groups -OCH3 is 3. The zero-order chi connectivity index (χ0) is 23.4. The summed E-state index contributed by atoms with van der Waals surface area (Å²) < 4.78 is 22.0. The molecule has 1 heterocycles. The van der Waals surface area contributed by atoms with Crippen molar-refractivity contribution in [1.82, 2.24) is 0 Å². The Hall–Kier alpha value is -3.87. The van der Waals surface area contributed by atoms with Gasteiger partial charge in [-0.05, 0) is 30.7 Å². The highest BCUT2D eigenvalue weighted by molar-refractivity contribution is 6.05. The van der Waals surface area contributed by atoms with Crippen molar-refractivity contribution < 1.29 is 23.7 Å². The molecule has 1 aliphatic rings. The fourth-order valence-electron chi connectivity index (χ4n) is 3.92. The molecule has 7 nitrogen and oxygen atoms in total. The van der Waals surface area contributed by atoms with E-state index < -0.39 is 0 Å². The third-order valence-corrected chi connectivity index (χ3v) is 5.66.